The average Bonchev–Trinajstić information content (AvgIpc) is 2.35. The first kappa shape index (κ1) is 10.5. The molecule has 0 unspecified atom stereocenters. The summed E-state index contributed by atoms with van der Waals surface area (Å²) in [6.07, 6.45) is -0.748. The molecule has 0 spiro atoms. The molecule has 0 saturated carbocycles. The summed E-state index contributed by atoms with van der Waals surface area (Å²) in [5, 5.41) is 15.3. The van der Waals surface area contributed by atoms with Gasteiger partial charge in [-0.1, -0.05) is 47.6 Å². The summed E-state index contributed by atoms with van der Waals surface area (Å²) in [6.45, 7) is 0.0600. The maximum Gasteiger partial charge on any atom is 0.0852 e. The molecule has 0 aromatic heterocycles. The molecule has 0 aliphatic rings. The smallest absolute Gasteiger partial charge is 0.0852 e. The zero-order valence-electron chi connectivity index (χ0n) is 8.61. The van der Waals surface area contributed by atoms with Crippen LogP contribution in [0.4, 0.5) is 0 Å². The van der Waals surface area contributed by atoms with Gasteiger partial charge in [-0.05, 0) is 21.9 Å². The predicted molar refractivity (Wildman–Crippen MR) is 62.9 cm³/mol. The van der Waals surface area contributed by atoms with Gasteiger partial charge in [0.1, 0.15) is 0 Å². The number of fused-ring (bicyclic) bond motifs is 1. The molecule has 0 saturated heterocycles. The largest absolute Gasteiger partial charge is 0.388 e. The summed E-state index contributed by atoms with van der Waals surface area (Å²) in [4.78, 5) is 2.65. The monoisotopic (exact) mass is 213 g/mol. The first-order chi connectivity index (χ1) is 7.83. The minimum Gasteiger partial charge on any atom is -0.388 e. The lowest BCUT2D eigenvalue weighted by Gasteiger charge is -2.11. The Labute approximate surface area is 92.8 Å². The molecule has 4 heteroatoms. The number of rotatable bonds is 3. The highest BCUT2D eigenvalue weighted by molar-refractivity contribution is 5.85. The Morgan fingerprint density at radius 2 is 1.94 bits per heavy atom. The fourth-order valence-corrected chi connectivity index (χ4v) is 1.75. The Kier molecular flexibility index (Phi) is 3.05. The van der Waals surface area contributed by atoms with Crippen LogP contribution in [0.1, 0.15) is 11.7 Å². The van der Waals surface area contributed by atoms with Crippen LogP contribution in [0.15, 0.2) is 47.6 Å². The van der Waals surface area contributed by atoms with Crippen molar-refractivity contribution in [2.24, 2.45) is 5.11 Å². The third-order valence-electron chi connectivity index (χ3n) is 2.50. The van der Waals surface area contributed by atoms with Gasteiger partial charge in [0.15, 0.2) is 0 Å². The zero-order valence-corrected chi connectivity index (χ0v) is 8.61. The summed E-state index contributed by atoms with van der Waals surface area (Å²) in [5.74, 6) is 0. The molecule has 0 heterocycles. The van der Waals surface area contributed by atoms with Crippen LogP contribution < -0.4 is 0 Å². The molecule has 0 fully saturated rings. The van der Waals surface area contributed by atoms with Crippen molar-refractivity contribution in [2.75, 3.05) is 6.54 Å². The van der Waals surface area contributed by atoms with Crippen LogP contribution >= 0.6 is 0 Å². The van der Waals surface area contributed by atoms with Gasteiger partial charge in [0, 0.05) is 4.91 Å². The van der Waals surface area contributed by atoms with E-state index in [1.807, 2.05) is 42.5 Å². The van der Waals surface area contributed by atoms with E-state index >= 15 is 0 Å². The van der Waals surface area contributed by atoms with Crippen LogP contribution in [0.25, 0.3) is 21.2 Å². The van der Waals surface area contributed by atoms with Crippen molar-refractivity contribution in [3.63, 3.8) is 0 Å². The van der Waals surface area contributed by atoms with Crippen LogP contribution in [0.3, 0.4) is 0 Å². The van der Waals surface area contributed by atoms with Crippen LogP contribution in [-0.4, -0.2) is 11.7 Å². The Morgan fingerprint density at radius 3 is 2.75 bits per heavy atom. The highest BCUT2D eigenvalue weighted by Gasteiger charge is 2.09. The predicted octanol–water partition coefficient (Wildman–Crippen LogP) is 3.18. The van der Waals surface area contributed by atoms with Crippen LogP contribution in [-0.2, 0) is 0 Å². The van der Waals surface area contributed by atoms with E-state index in [1.165, 1.54) is 0 Å². The second-order valence-corrected chi connectivity index (χ2v) is 3.50. The Bertz CT molecular complexity index is 541. The van der Waals surface area contributed by atoms with Crippen molar-refractivity contribution in [3.8, 4) is 0 Å². The molecular weight excluding hydrogens is 202 g/mol. The lowest BCUT2D eigenvalue weighted by Crippen LogP contribution is -2.01. The maximum atomic E-state index is 9.88. The van der Waals surface area contributed by atoms with E-state index in [4.69, 9.17) is 5.53 Å². The Hall–Kier alpha value is -2.03. The highest BCUT2D eigenvalue weighted by atomic mass is 16.3. The van der Waals surface area contributed by atoms with E-state index in [0.29, 0.717) is 0 Å². The summed E-state index contributed by atoms with van der Waals surface area (Å²) >= 11 is 0. The van der Waals surface area contributed by atoms with Gasteiger partial charge in [-0.3, -0.25) is 0 Å². The summed E-state index contributed by atoms with van der Waals surface area (Å²) in [7, 11) is 0. The lowest BCUT2D eigenvalue weighted by atomic mass is 10.0. The number of benzene rings is 2. The Balaban J connectivity index is 2.47. The van der Waals surface area contributed by atoms with Crippen molar-refractivity contribution >= 4 is 10.8 Å². The van der Waals surface area contributed by atoms with Gasteiger partial charge in [0.2, 0.25) is 0 Å². The van der Waals surface area contributed by atoms with Gasteiger partial charge in [-0.15, -0.1) is 0 Å². The van der Waals surface area contributed by atoms with E-state index in [0.717, 1.165) is 16.3 Å². The topological polar surface area (TPSA) is 69.0 Å². The van der Waals surface area contributed by atoms with Crippen molar-refractivity contribution in [1.82, 2.24) is 0 Å². The molecule has 0 aliphatic carbocycles. The van der Waals surface area contributed by atoms with Crippen molar-refractivity contribution in [2.45, 2.75) is 6.10 Å². The standard InChI is InChI=1S/C12H11N3O/c13-15-14-8-12(16)11-7-3-5-9-4-1-2-6-10(9)11/h1-7,12,16H,8H2/t12-/m0/s1. The summed E-state index contributed by atoms with van der Waals surface area (Å²) < 4.78 is 0. The summed E-state index contributed by atoms with van der Waals surface area (Å²) in [5.41, 5.74) is 9.02. The SMILES string of the molecule is [N-]=[N+]=NC[C@H](O)c1cccc2ccccc12. The second kappa shape index (κ2) is 4.66. The van der Waals surface area contributed by atoms with Gasteiger partial charge in [-0.25, -0.2) is 0 Å². The molecule has 2 aromatic rings. The summed E-state index contributed by atoms with van der Waals surface area (Å²) in [6, 6.07) is 13.5. The lowest BCUT2D eigenvalue weighted by molar-refractivity contribution is 0.188. The number of hydrogen-bond acceptors (Lipinski definition) is 2. The fourth-order valence-electron chi connectivity index (χ4n) is 1.75. The van der Waals surface area contributed by atoms with Crippen LogP contribution in [0.5, 0.6) is 0 Å². The van der Waals surface area contributed by atoms with E-state index in [1.54, 1.807) is 0 Å². The number of hydrogen-bond donors (Lipinski definition) is 1. The molecule has 1 N–H and O–H groups in total. The molecule has 1 atom stereocenters. The van der Waals surface area contributed by atoms with Crippen molar-refractivity contribution in [3.05, 3.63) is 58.5 Å². The van der Waals surface area contributed by atoms with Gasteiger partial charge in [0.05, 0.1) is 12.6 Å². The maximum absolute atomic E-state index is 9.88. The number of aliphatic hydroxyl groups excluding tert-OH is 1. The molecule has 0 amide bonds. The van der Waals surface area contributed by atoms with Crippen molar-refractivity contribution < 1.29 is 5.11 Å². The first-order valence-corrected chi connectivity index (χ1v) is 4.99. The van der Waals surface area contributed by atoms with Gasteiger partial charge >= 0.3 is 0 Å². The normalized spacial score (nSPS) is 12.1. The van der Waals surface area contributed by atoms with Gasteiger partial charge in [0.25, 0.3) is 0 Å². The molecule has 80 valence electrons. The van der Waals surface area contributed by atoms with Gasteiger partial charge < -0.3 is 5.11 Å². The molecule has 2 aromatic carbocycles. The average molecular weight is 213 g/mol. The molecule has 2 rings (SSSR count). The minimum atomic E-state index is -0.748. The molecule has 0 bridgehead atoms. The third kappa shape index (κ3) is 1.98. The Morgan fingerprint density at radius 1 is 1.19 bits per heavy atom. The highest BCUT2D eigenvalue weighted by Crippen LogP contribution is 2.24. The van der Waals surface area contributed by atoms with E-state index in [2.05, 4.69) is 10.0 Å². The quantitative estimate of drug-likeness (QED) is 0.474. The van der Waals surface area contributed by atoms with E-state index < -0.39 is 6.10 Å². The number of aliphatic hydroxyl groups is 1. The zero-order chi connectivity index (χ0) is 11.4. The third-order valence-corrected chi connectivity index (χ3v) is 2.50. The molecule has 16 heavy (non-hydrogen) atoms. The van der Waals surface area contributed by atoms with E-state index in [9.17, 15) is 5.11 Å². The fraction of sp³-hybridized carbons (Fsp3) is 0.167. The van der Waals surface area contributed by atoms with Crippen molar-refractivity contribution in [1.29, 1.82) is 0 Å². The number of azide groups is 1. The van der Waals surface area contributed by atoms with E-state index in [-0.39, 0.29) is 6.54 Å². The molecule has 0 radical (unpaired) electrons. The second-order valence-electron chi connectivity index (χ2n) is 3.50. The molecule has 4 nitrogen and oxygen atoms in total. The molecular formula is C12H11N3O. The number of nitrogens with zero attached hydrogens (tertiary/aromatic N) is 3. The van der Waals surface area contributed by atoms with Crippen LogP contribution in [0, 0.1) is 0 Å². The minimum absolute atomic E-state index is 0.0600. The van der Waals surface area contributed by atoms with Crippen LogP contribution in [0.2, 0.25) is 0 Å². The molecule has 0 aliphatic heterocycles. The first-order valence-electron chi connectivity index (χ1n) is 4.99. The van der Waals surface area contributed by atoms with Gasteiger partial charge in [-0.2, -0.15) is 0 Å².